The molecule has 0 heterocycles. The highest BCUT2D eigenvalue weighted by atomic mass is 79.9. The van der Waals surface area contributed by atoms with Crippen LogP contribution in [0.3, 0.4) is 0 Å². The first-order chi connectivity index (χ1) is 8.16. The van der Waals surface area contributed by atoms with E-state index in [9.17, 15) is 0 Å². The van der Waals surface area contributed by atoms with E-state index in [1.165, 1.54) is 5.69 Å². The maximum atomic E-state index is 5.97. The number of benzene rings is 2. The summed E-state index contributed by atoms with van der Waals surface area (Å²) < 4.78 is 1.06. The Morgan fingerprint density at radius 1 is 1.12 bits per heavy atom. The smallest absolute Gasteiger partial charge is 0.0447 e. The molecule has 0 bridgehead atoms. The van der Waals surface area contributed by atoms with Crippen molar-refractivity contribution in [3.63, 3.8) is 0 Å². The van der Waals surface area contributed by atoms with Gasteiger partial charge in [-0.05, 0) is 35.9 Å². The molecule has 0 saturated carbocycles. The van der Waals surface area contributed by atoms with Gasteiger partial charge in [-0.3, -0.25) is 0 Å². The molecule has 0 saturated heterocycles. The Morgan fingerprint density at radius 2 is 1.82 bits per heavy atom. The van der Waals surface area contributed by atoms with Gasteiger partial charge in [-0.15, -0.1) is 0 Å². The molecule has 0 aliphatic rings. The van der Waals surface area contributed by atoms with Gasteiger partial charge < -0.3 is 10.6 Å². The monoisotopic (exact) mass is 290 g/mol. The van der Waals surface area contributed by atoms with Crippen LogP contribution in [-0.2, 0) is 6.54 Å². The average Bonchev–Trinajstić information content (AvgIpc) is 2.35. The third-order valence-corrected chi connectivity index (χ3v) is 3.20. The number of hydrogen-bond donors (Lipinski definition) is 1. The number of anilines is 2. The summed E-state index contributed by atoms with van der Waals surface area (Å²) in [6.45, 7) is 0.801. The number of rotatable bonds is 3. The van der Waals surface area contributed by atoms with Crippen LogP contribution in [0.1, 0.15) is 5.56 Å². The van der Waals surface area contributed by atoms with Crippen LogP contribution in [0.2, 0.25) is 0 Å². The number of halogens is 1. The largest absolute Gasteiger partial charge is 0.398 e. The predicted octanol–water partition coefficient (Wildman–Crippen LogP) is 3.67. The van der Waals surface area contributed by atoms with E-state index in [4.69, 9.17) is 5.73 Å². The SMILES string of the molecule is CN(Cc1cc(Br)ccc1N)c1ccccc1. The molecule has 0 fully saturated rings. The normalized spacial score (nSPS) is 10.2. The number of para-hydroxylation sites is 1. The summed E-state index contributed by atoms with van der Waals surface area (Å²) in [7, 11) is 2.07. The van der Waals surface area contributed by atoms with Gasteiger partial charge in [0, 0.05) is 29.4 Å². The van der Waals surface area contributed by atoms with Crippen molar-refractivity contribution in [3.8, 4) is 0 Å². The molecule has 0 aromatic heterocycles. The summed E-state index contributed by atoms with van der Waals surface area (Å²) in [6.07, 6.45) is 0. The fraction of sp³-hybridized carbons (Fsp3) is 0.143. The second-order valence-electron chi connectivity index (χ2n) is 4.03. The standard InChI is InChI=1S/C14H15BrN2/c1-17(13-5-3-2-4-6-13)10-11-9-12(15)7-8-14(11)16/h2-9H,10,16H2,1H3. The van der Waals surface area contributed by atoms with Crippen molar-refractivity contribution in [2.75, 3.05) is 17.7 Å². The van der Waals surface area contributed by atoms with Crippen LogP contribution in [0.4, 0.5) is 11.4 Å². The van der Waals surface area contributed by atoms with Crippen LogP contribution in [0.5, 0.6) is 0 Å². The minimum atomic E-state index is 0.801. The first-order valence-electron chi connectivity index (χ1n) is 5.47. The molecule has 0 spiro atoms. The van der Waals surface area contributed by atoms with E-state index in [2.05, 4.69) is 46.1 Å². The number of hydrogen-bond acceptors (Lipinski definition) is 2. The zero-order chi connectivity index (χ0) is 12.3. The predicted molar refractivity (Wildman–Crippen MR) is 77.1 cm³/mol. The second-order valence-corrected chi connectivity index (χ2v) is 4.95. The summed E-state index contributed by atoms with van der Waals surface area (Å²) in [5.74, 6) is 0. The van der Waals surface area contributed by atoms with Crippen LogP contribution < -0.4 is 10.6 Å². The molecule has 2 aromatic rings. The highest BCUT2D eigenvalue weighted by Gasteiger charge is 2.05. The third kappa shape index (κ3) is 3.01. The lowest BCUT2D eigenvalue weighted by atomic mass is 10.1. The van der Waals surface area contributed by atoms with Gasteiger partial charge in [0.1, 0.15) is 0 Å². The summed E-state index contributed by atoms with van der Waals surface area (Å²) in [5.41, 5.74) is 9.12. The zero-order valence-electron chi connectivity index (χ0n) is 9.73. The lowest BCUT2D eigenvalue weighted by Crippen LogP contribution is -2.17. The van der Waals surface area contributed by atoms with Crippen LogP contribution in [0.15, 0.2) is 53.0 Å². The fourth-order valence-corrected chi connectivity index (χ4v) is 2.15. The quantitative estimate of drug-likeness (QED) is 0.874. The molecule has 3 heteroatoms. The molecule has 2 aromatic carbocycles. The first-order valence-corrected chi connectivity index (χ1v) is 6.26. The van der Waals surface area contributed by atoms with Gasteiger partial charge in [0.2, 0.25) is 0 Å². The van der Waals surface area contributed by atoms with Gasteiger partial charge in [0.15, 0.2) is 0 Å². The minimum Gasteiger partial charge on any atom is -0.398 e. The number of nitrogen functional groups attached to an aromatic ring is 1. The molecular formula is C14H15BrN2. The van der Waals surface area contributed by atoms with E-state index in [1.54, 1.807) is 0 Å². The van der Waals surface area contributed by atoms with Crippen molar-refractivity contribution in [1.82, 2.24) is 0 Å². The maximum Gasteiger partial charge on any atom is 0.0447 e. The Kier molecular flexibility index (Phi) is 3.69. The molecule has 0 radical (unpaired) electrons. The summed E-state index contributed by atoms with van der Waals surface area (Å²) in [5, 5.41) is 0. The highest BCUT2D eigenvalue weighted by Crippen LogP contribution is 2.22. The van der Waals surface area contributed by atoms with Crippen molar-refractivity contribution in [3.05, 3.63) is 58.6 Å². The fourth-order valence-electron chi connectivity index (χ4n) is 1.74. The summed E-state index contributed by atoms with van der Waals surface area (Å²) >= 11 is 3.47. The molecule has 88 valence electrons. The molecule has 0 unspecified atom stereocenters. The van der Waals surface area contributed by atoms with Gasteiger partial charge in [-0.2, -0.15) is 0 Å². The van der Waals surface area contributed by atoms with Crippen molar-refractivity contribution >= 4 is 27.3 Å². The highest BCUT2D eigenvalue weighted by molar-refractivity contribution is 9.10. The van der Waals surface area contributed by atoms with Gasteiger partial charge in [-0.1, -0.05) is 34.1 Å². The molecular weight excluding hydrogens is 276 g/mol. The van der Waals surface area contributed by atoms with Crippen LogP contribution >= 0.6 is 15.9 Å². The molecule has 0 amide bonds. The van der Waals surface area contributed by atoms with Crippen LogP contribution in [0, 0.1) is 0 Å². The molecule has 2 rings (SSSR count). The van der Waals surface area contributed by atoms with Gasteiger partial charge in [0.05, 0.1) is 0 Å². The average molecular weight is 291 g/mol. The maximum absolute atomic E-state index is 5.97. The Morgan fingerprint density at radius 3 is 2.53 bits per heavy atom. The van der Waals surface area contributed by atoms with Gasteiger partial charge in [0.25, 0.3) is 0 Å². The van der Waals surface area contributed by atoms with E-state index >= 15 is 0 Å². The Bertz CT molecular complexity index is 497. The van der Waals surface area contributed by atoms with Crippen molar-refractivity contribution in [1.29, 1.82) is 0 Å². The molecule has 0 atom stereocenters. The van der Waals surface area contributed by atoms with Crippen LogP contribution in [0.25, 0.3) is 0 Å². The van der Waals surface area contributed by atoms with Gasteiger partial charge >= 0.3 is 0 Å². The van der Waals surface area contributed by atoms with E-state index in [0.29, 0.717) is 0 Å². The molecule has 2 N–H and O–H groups in total. The van der Waals surface area contributed by atoms with E-state index in [-0.39, 0.29) is 0 Å². The summed E-state index contributed by atoms with van der Waals surface area (Å²) in [6, 6.07) is 16.2. The van der Waals surface area contributed by atoms with Crippen molar-refractivity contribution in [2.45, 2.75) is 6.54 Å². The number of nitrogens with two attached hydrogens (primary N) is 1. The van der Waals surface area contributed by atoms with E-state index < -0.39 is 0 Å². The zero-order valence-corrected chi connectivity index (χ0v) is 11.3. The van der Waals surface area contributed by atoms with Crippen LogP contribution in [-0.4, -0.2) is 7.05 Å². The van der Waals surface area contributed by atoms with E-state index in [0.717, 1.165) is 22.3 Å². The Labute approximate surface area is 110 Å². The third-order valence-electron chi connectivity index (χ3n) is 2.71. The lowest BCUT2D eigenvalue weighted by molar-refractivity contribution is 0.925. The molecule has 17 heavy (non-hydrogen) atoms. The van der Waals surface area contributed by atoms with Crippen molar-refractivity contribution < 1.29 is 0 Å². The first kappa shape index (κ1) is 12.0. The topological polar surface area (TPSA) is 29.3 Å². The molecule has 0 aliphatic carbocycles. The molecule has 0 aliphatic heterocycles. The minimum absolute atomic E-state index is 0.801. The number of nitrogens with zero attached hydrogens (tertiary/aromatic N) is 1. The second kappa shape index (κ2) is 5.23. The lowest BCUT2D eigenvalue weighted by Gasteiger charge is -2.20. The van der Waals surface area contributed by atoms with Crippen molar-refractivity contribution in [2.24, 2.45) is 0 Å². The Hall–Kier alpha value is -1.48. The Balaban J connectivity index is 2.18. The molecule has 2 nitrogen and oxygen atoms in total. The van der Waals surface area contributed by atoms with E-state index in [1.807, 2.05) is 30.3 Å². The van der Waals surface area contributed by atoms with Gasteiger partial charge in [-0.25, -0.2) is 0 Å². The summed E-state index contributed by atoms with van der Waals surface area (Å²) in [4.78, 5) is 2.18.